The van der Waals surface area contributed by atoms with Gasteiger partial charge in [0.15, 0.2) is 6.10 Å². The largest absolute Gasteiger partial charge is 0.462 e. The maximum atomic E-state index is 12.7. The number of hydrogen-bond acceptors (Lipinski definition) is 6. The molecule has 0 aromatic carbocycles. The number of allylic oxidation sites excluding steroid dienone is 6. The van der Waals surface area contributed by atoms with Crippen LogP contribution in [0.3, 0.4) is 0 Å². The summed E-state index contributed by atoms with van der Waals surface area (Å²) in [4.78, 5) is 37.7. The van der Waals surface area contributed by atoms with Crippen LogP contribution in [0.2, 0.25) is 0 Å². The van der Waals surface area contributed by atoms with Crippen molar-refractivity contribution in [1.29, 1.82) is 0 Å². The molecule has 57 heavy (non-hydrogen) atoms. The number of carbonyl (C=O) groups excluding carboxylic acids is 3. The van der Waals surface area contributed by atoms with Gasteiger partial charge in [-0.3, -0.25) is 14.4 Å². The standard InChI is InChI=1S/C51H92O6/c1-4-7-10-13-16-18-20-22-24-26-28-30-32-35-38-41-44-50(53)56-47-48(46-55-49(52)43-40-37-34-15-12-9-6-3)57-51(54)45-42-39-36-33-31-29-27-25-23-21-19-17-14-11-8-5-2/h18,20,24-27,48H,4-17,19,21-23,28-47H2,1-3H3/b20-18-,26-24-,27-25-. The average molecular weight is 801 g/mol. The van der Waals surface area contributed by atoms with Crippen molar-refractivity contribution in [3.63, 3.8) is 0 Å². The first kappa shape index (κ1) is 54.6. The van der Waals surface area contributed by atoms with Crippen molar-refractivity contribution in [3.8, 4) is 0 Å². The van der Waals surface area contributed by atoms with Gasteiger partial charge in [-0.1, -0.05) is 192 Å². The predicted molar refractivity (Wildman–Crippen MR) is 242 cm³/mol. The molecule has 0 fully saturated rings. The van der Waals surface area contributed by atoms with Crippen molar-refractivity contribution < 1.29 is 28.6 Å². The van der Waals surface area contributed by atoms with Gasteiger partial charge in [-0.05, 0) is 77.0 Å². The van der Waals surface area contributed by atoms with E-state index in [0.717, 1.165) is 83.5 Å². The Morgan fingerprint density at radius 1 is 0.351 bits per heavy atom. The van der Waals surface area contributed by atoms with Crippen LogP contribution in [0, 0.1) is 0 Å². The van der Waals surface area contributed by atoms with Crippen LogP contribution in [0.1, 0.15) is 252 Å². The number of carbonyl (C=O) groups is 3. The Kier molecular flexibility index (Phi) is 44.4. The second-order valence-corrected chi connectivity index (χ2v) is 16.4. The van der Waals surface area contributed by atoms with Gasteiger partial charge in [-0.2, -0.15) is 0 Å². The Morgan fingerprint density at radius 3 is 1.00 bits per heavy atom. The molecule has 332 valence electrons. The molecule has 0 heterocycles. The third-order valence-electron chi connectivity index (χ3n) is 10.6. The topological polar surface area (TPSA) is 78.9 Å². The summed E-state index contributed by atoms with van der Waals surface area (Å²) in [6.07, 6.45) is 52.8. The smallest absolute Gasteiger partial charge is 0.306 e. The lowest BCUT2D eigenvalue weighted by Gasteiger charge is -2.18. The molecular weight excluding hydrogens is 709 g/mol. The highest BCUT2D eigenvalue weighted by Crippen LogP contribution is 2.14. The molecule has 0 amide bonds. The summed E-state index contributed by atoms with van der Waals surface area (Å²) in [6.45, 7) is 6.56. The number of hydrogen-bond donors (Lipinski definition) is 0. The fourth-order valence-electron chi connectivity index (χ4n) is 6.88. The van der Waals surface area contributed by atoms with Crippen molar-refractivity contribution in [3.05, 3.63) is 36.5 Å². The Balaban J connectivity index is 4.31. The van der Waals surface area contributed by atoms with Gasteiger partial charge < -0.3 is 14.2 Å². The summed E-state index contributed by atoms with van der Waals surface area (Å²) in [5.41, 5.74) is 0. The highest BCUT2D eigenvalue weighted by Gasteiger charge is 2.19. The van der Waals surface area contributed by atoms with Gasteiger partial charge in [-0.15, -0.1) is 0 Å². The maximum absolute atomic E-state index is 12.7. The fraction of sp³-hybridized carbons (Fsp3) is 0.824. The molecule has 0 saturated heterocycles. The van der Waals surface area contributed by atoms with Gasteiger partial charge in [0, 0.05) is 19.3 Å². The van der Waals surface area contributed by atoms with Crippen LogP contribution in [0.5, 0.6) is 0 Å². The Hall–Kier alpha value is -2.37. The Bertz CT molecular complexity index is 969. The Labute approximate surface area is 353 Å². The van der Waals surface area contributed by atoms with E-state index in [4.69, 9.17) is 14.2 Å². The average Bonchev–Trinajstić information content (AvgIpc) is 3.21. The van der Waals surface area contributed by atoms with E-state index in [1.54, 1.807) is 0 Å². The molecule has 0 aromatic rings. The zero-order chi connectivity index (χ0) is 41.5. The van der Waals surface area contributed by atoms with E-state index < -0.39 is 6.10 Å². The number of ether oxygens (including phenoxy) is 3. The molecule has 0 spiro atoms. The van der Waals surface area contributed by atoms with Crippen LogP contribution in [-0.2, 0) is 28.6 Å². The molecule has 0 aliphatic heterocycles. The predicted octanol–water partition coefficient (Wildman–Crippen LogP) is 15.8. The van der Waals surface area contributed by atoms with E-state index in [2.05, 4.69) is 57.2 Å². The SMILES string of the molecule is CCCCCC/C=C\C/C=C\CCCCCCCC(=O)OCC(COC(=O)CCCCCCCCC)OC(=O)CCCCCCC/C=C\CCCCCCCCC. The summed E-state index contributed by atoms with van der Waals surface area (Å²) >= 11 is 0. The van der Waals surface area contributed by atoms with Crippen LogP contribution in [0.25, 0.3) is 0 Å². The normalized spacial score (nSPS) is 12.3. The monoisotopic (exact) mass is 801 g/mol. The van der Waals surface area contributed by atoms with E-state index in [9.17, 15) is 14.4 Å². The van der Waals surface area contributed by atoms with Gasteiger partial charge in [0.05, 0.1) is 0 Å². The number of unbranched alkanes of at least 4 members (excludes halogenated alkanes) is 27. The molecule has 6 nitrogen and oxygen atoms in total. The van der Waals surface area contributed by atoms with E-state index in [-0.39, 0.29) is 31.1 Å². The molecule has 0 aliphatic carbocycles. The van der Waals surface area contributed by atoms with Gasteiger partial charge in [-0.25, -0.2) is 0 Å². The number of rotatable bonds is 44. The molecule has 1 unspecified atom stereocenters. The van der Waals surface area contributed by atoms with Crippen LogP contribution in [-0.4, -0.2) is 37.2 Å². The molecule has 0 saturated carbocycles. The lowest BCUT2D eigenvalue weighted by Crippen LogP contribution is -2.30. The summed E-state index contributed by atoms with van der Waals surface area (Å²) < 4.78 is 16.7. The third kappa shape index (κ3) is 44.6. The van der Waals surface area contributed by atoms with Crippen LogP contribution < -0.4 is 0 Å². The first-order valence-corrected chi connectivity index (χ1v) is 24.5. The maximum Gasteiger partial charge on any atom is 0.306 e. The lowest BCUT2D eigenvalue weighted by molar-refractivity contribution is -0.167. The Morgan fingerprint density at radius 2 is 0.632 bits per heavy atom. The summed E-state index contributed by atoms with van der Waals surface area (Å²) in [5, 5.41) is 0. The summed E-state index contributed by atoms with van der Waals surface area (Å²) in [5.74, 6) is -0.903. The molecule has 6 heteroatoms. The van der Waals surface area contributed by atoms with Gasteiger partial charge in [0.1, 0.15) is 13.2 Å². The van der Waals surface area contributed by atoms with E-state index in [0.29, 0.717) is 19.3 Å². The van der Waals surface area contributed by atoms with Crippen LogP contribution >= 0.6 is 0 Å². The van der Waals surface area contributed by atoms with Crippen molar-refractivity contribution in [1.82, 2.24) is 0 Å². The van der Waals surface area contributed by atoms with Crippen molar-refractivity contribution in [2.45, 2.75) is 258 Å². The second-order valence-electron chi connectivity index (χ2n) is 16.4. The molecule has 1 atom stereocenters. The minimum Gasteiger partial charge on any atom is -0.462 e. The molecule has 0 N–H and O–H groups in total. The zero-order valence-electron chi connectivity index (χ0n) is 37.9. The van der Waals surface area contributed by atoms with Crippen LogP contribution in [0.4, 0.5) is 0 Å². The van der Waals surface area contributed by atoms with Gasteiger partial charge >= 0.3 is 17.9 Å². The fourth-order valence-corrected chi connectivity index (χ4v) is 6.88. The molecule has 0 rings (SSSR count). The first-order chi connectivity index (χ1) is 28.0. The van der Waals surface area contributed by atoms with Crippen molar-refractivity contribution >= 4 is 17.9 Å². The number of esters is 3. The highest BCUT2D eigenvalue weighted by atomic mass is 16.6. The van der Waals surface area contributed by atoms with E-state index >= 15 is 0 Å². The molecule has 0 aliphatic rings. The third-order valence-corrected chi connectivity index (χ3v) is 10.6. The first-order valence-electron chi connectivity index (χ1n) is 24.5. The quantitative estimate of drug-likeness (QED) is 0.0264. The molecular formula is C51H92O6. The van der Waals surface area contributed by atoms with Crippen molar-refractivity contribution in [2.24, 2.45) is 0 Å². The summed E-state index contributed by atoms with van der Waals surface area (Å²) in [7, 11) is 0. The lowest BCUT2D eigenvalue weighted by atomic mass is 10.1. The highest BCUT2D eigenvalue weighted by molar-refractivity contribution is 5.71. The second kappa shape index (κ2) is 46.3. The minimum atomic E-state index is -0.776. The molecule has 0 bridgehead atoms. The van der Waals surface area contributed by atoms with Crippen LogP contribution in [0.15, 0.2) is 36.5 Å². The van der Waals surface area contributed by atoms with Gasteiger partial charge in [0.2, 0.25) is 0 Å². The van der Waals surface area contributed by atoms with E-state index in [1.807, 2.05) is 0 Å². The van der Waals surface area contributed by atoms with E-state index in [1.165, 1.54) is 128 Å². The van der Waals surface area contributed by atoms with Crippen molar-refractivity contribution in [2.75, 3.05) is 13.2 Å². The minimum absolute atomic E-state index is 0.0788. The van der Waals surface area contributed by atoms with Gasteiger partial charge in [0.25, 0.3) is 0 Å². The molecule has 0 aromatic heterocycles. The summed E-state index contributed by atoms with van der Waals surface area (Å²) in [6, 6.07) is 0. The zero-order valence-corrected chi connectivity index (χ0v) is 37.9. The molecule has 0 radical (unpaired) electrons.